The maximum absolute atomic E-state index is 13.4. The van der Waals surface area contributed by atoms with Gasteiger partial charge in [0.2, 0.25) is 5.91 Å². The second-order valence-corrected chi connectivity index (χ2v) is 9.56. The van der Waals surface area contributed by atoms with Crippen molar-refractivity contribution in [3.8, 4) is 11.5 Å². The van der Waals surface area contributed by atoms with Crippen LogP contribution in [0.5, 0.6) is 11.5 Å². The minimum Gasteiger partial charge on any atom is -0.455 e. The Morgan fingerprint density at radius 1 is 0.794 bits per heavy atom. The van der Waals surface area contributed by atoms with Gasteiger partial charge in [-0.3, -0.25) is 9.10 Å². The topological polar surface area (TPSA) is 75.7 Å². The van der Waals surface area contributed by atoms with Gasteiger partial charge in [0.15, 0.2) is 5.75 Å². The third kappa shape index (κ3) is 5.57. The molecule has 4 aromatic carbocycles. The number of anilines is 2. The Hall–Kier alpha value is -3.81. The molecule has 8 heteroatoms. The zero-order valence-electron chi connectivity index (χ0n) is 18.0. The van der Waals surface area contributed by atoms with E-state index in [2.05, 4.69) is 5.32 Å². The highest BCUT2D eigenvalue weighted by molar-refractivity contribution is 7.92. The number of hydrogen-bond acceptors (Lipinski definition) is 4. The minimum absolute atomic E-state index is 0.0746. The van der Waals surface area contributed by atoms with Crippen LogP contribution in [0.2, 0.25) is 5.02 Å². The highest BCUT2D eigenvalue weighted by Gasteiger charge is 2.27. The molecule has 0 saturated carbocycles. The summed E-state index contributed by atoms with van der Waals surface area (Å²) >= 11 is 5.98. The highest BCUT2D eigenvalue weighted by atomic mass is 35.5. The monoisotopic (exact) mass is 492 g/mol. The zero-order valence-corrected chi connectivity index (χ0v) is 19.5. The number of hydrogen-bond donors (Lipinski definition) is 1. The number of nitrogens with one attached hydrogen (secondary N) is 1. The summed E-state index contributed by atoms with van der Waals surface area (Å²) in [6, 6.07) is 30.3. The SMILES string of the molecule is O=C(CN(c1ccc(Cl)cc1)S(=O)(=O)c1ccccc1)Nc1ccccc1Oc1ccccc1. The molecule has 6 nitrogen and oxygen atoms in total. The molecule has 0 atom stereocenters. The first kappa shape index (κ1) is 23.4. The van der Waals surface area contributed by atoms with Crippen molar-refractivity contribution in [2.45, 2.75) is 4.90 Å². The molecule has 0 heterocycles. The molecule has 1 N–H and O–H groups in total. The molecule has 0 aliphatic carbocycles. The van der Waals surface area contributed by atoms with Crippen molar-refractivity contribution < 1.29 is 17.9 Å². The Morgan fingerprint density at radius 3 is 2.06 bits per heavy atom. The van der Waals surface area contributed by atoms with E-state index < -0.39 is 22.5 Å². The lowest BCUT2D eigenvalue weighted by Crippen LogP contribution is -2.38. The van der Waals surface area contributed by atoms with E-state index in [1.165, 1.54) is 12.1 Å². The molecule has 4 aromatic rings. The molecule has 34 heavy (non-hydrogen) atoms. The molecule has 0 aliphatic heterocycles. The lowest BCUT2D eigenvalue weighted by molar-refractivity contribution is -0.114. The van der Waals surface area contributed by atoms with Crippen molar-refractivity contribution in [3.05, 3.63) is 114 Å². The second-order valence-electron chi connectivity index (χ2n) is 7.26. The molecule has 0 spiro atoms. The summed E-state index contributed by atoms with van der Waals surface area (Å²) in [5.41, 5.74) is 0.738. The number of amides is 1. The molecule has 0 aromatic heterocycles. The molecule has 1 amide bonds. The number of nitrogens with zero attached hydrogens (tertiary/aromatic N) is 1. The minimum atomic E-state index is -4.01. The van der Waals surface area contributed by atoms with Crippen LogP contribution >= 0.6 is 11.6 Å². The Bertz CT molecular complexity index is 1360. The fraction of sp³-hybridized carbons (Fsp3) is 0.0385. The summed E-state index contributed by atoms with van der Waals surface area (Å²) in [5.74, 6) is 0.517. The van der Waals surface area contributed by atoms with E-state index in [1.54, 1.807) is 78.9 Å². The van der Waals surface area contributed by atoms with E-state index in [1.807, 2.05) is 18.2 Å². The molecule has 0 saturated heterocycles. The van der Waals surface area contributed by atoms with Gasteiger partial charge >= 0.3 is 0 Å². The maximum atomic E-state index is 13.4. The van der Waals surface area contributed by atoms with Crippen molar-refractivity contribution in [3.63, 3.8) is 0 Å². The first-order valence-corrected chi connectivity index (χ1v) is 12.2. The number of carbonyl (C=O) groups excluding carboxylic acids is 1. The number of benzene rings is 4. The fourth-order valence-corrected chi connectivity index (χ4v) is 4.80. The summed E-state index contributed by atoms with van der Waals surface area (Å²) in [7, 11) is -4.01. The predicted molar refractivity (Wildman–Crippen MR) is 134 cm³/mol. The Balaban J connectivity index is 1.60. The van der Waals surface area contributed by atoms with Gasteiger partial charge in [-0.2, -0.15) is 0 Å². The van der Waals surface area contributed by atoms with Crippen molar-refractivity contribution >= 4 is 38.9 Å². The number of carbonyl (C=O) groups is 1. The van der Waals surface area contributed by atoms with E-state index in [0.717, 1.165) is 4.31 Å². The van der Waals surface area contributed by atoms with E-state index >= 15 is 0 Å². The van der Waals surface area contributed by atoms with Crippen LogP contribution in [-0.4, -0.2) is 20.9 Å². The van der Waals surface area contributed by atoms with Crippen molar-refractivity contribution in [1.29, 1.82) is 0 Å². The molecular weight excluding hydrogens is 472 g/mol. The van der Waals surface area contributed by atoms with E-state index in [-0.39, 0.29) is 4.90 Å². The van der Waals surface area contributed by atoms with Gasteiger partial charge in [-0.1, -0.05) is 60.1 Å². The van der Waals surface area contributed by atoms with Crippen LogP contribution in [0.15, 0.2) is 114 Å². The summed E-state index contributed by atoms with van der Waals surface area (Å²) in [4.78, 5) is 13.1. The molecule has 0 radical (unpaired) electrons. The van der Waals surface area contributed by atoms with Gasteiger partial charge in [-0.25, -0.2) is 8.42 Å². The number of para-hydroxylation sites is 3. The predicted octanol–water partition coefficient (Wildman–Crippen LogP) is 5.97. The number of rotatable bonds is 8. The third-order valence-corrected chi connectivity index (χ3v) is 6.91. The summed E-state index contributed by atoms with van der Waals surface area (Å²) in [6.07, 6.45) is 0. The van der Waals surface area contributed by atoms with Crippen molar-refractivity contribution in [1.82, 2.24) is 0 Å². The van der Waals surface area contributed by atoms with Gasteiger partial charge < -0.3 is 10.1 Å². The molecule has 4 rings (SSSR count). The Morgan fingerprint density at radius 2 is 1.38 bits per heavy atom. The smallest absolute Gasteiger partial charge is 0.264 e. The van der Waals surface area contributed by atoms with Crippen LogP contribution in [-0.2, 0) is 14.8 Å². The highest BCUT2D eigenvalue weighted by Crippen LogP contribution is 2.30. The summed E-state index contributed by atoms with van der Waals surface area (Å²) in [5, 5.41) is 3.23. The van der Waals surface area contributed by atoms with E-state index in [0.29, 0.717) is 27.9 Å². The maximum Gasteiger partial charge on any atom is 0.264 e. The second kappa shape index (κ2) is 10.4. The third-order valence-electron chi connectivity index (χ3n) is 4.87. The van der Waals surface area contributed by atoms with Crippen molar-refractivity contribution in [2.75, 3.05) is 16.2 Å². The molecule has 0 aliphatic rings. The lowest BCUT2D eigenvalue weighted by atomic mass is 10.2. The lowest BCUT2D eigenvalue weighted by Gasteiger charge is -2.24. The standard InChI is InChI=1S/C26H21ClN2O4S/c27-20-15-17-21(18-16-20)29(34(31,32)23-11-5-2-6-12-23)19-26(30)28-24-13-7-8-14-25(24)33-22-9-3-1-4-10-22/h1-18H,19H2,(H,28,30). The average molecular weight is 493 g/mol. The van der Waals surface area contributed by atoms with E-state index in [9.17, 15) is 13.2 Å². The number of ether oxygens (including phenoxy) is 1. The normalized spacial score (nSPS) is 11.0. The average Bonchev–Trinajstić information content (AvgIpc) is 2.85. The Labute approximate surface area is 203 Å². The number of halogens is 1. The van der Waals surface area contributed by atoms with Gasteiger partial charge in [0.1, 0.15) is 12.3 Å². The summed E-state index contributed by atoms with van der Waals surface area (Å²) in [6.45, 7) is -0.446. The Kier molecular flexibility index (Phi) is 7.15. The molecule has 0 unspecified atom stereocenters. The van der Waals surface area contributed by atoms with Gasteiger partial charge in [-0.15, -0.1) is 0 Å². The van der Waals surface area contributed by atoms with Crippen LogP contribution in [0, 0.1) is 0 Å². The van der Waals surface area contributed by atoms with Gasteiger partial charge in [0, 0.05) is 5.02 Å². The largest absolute Gasteiger partial charge is 0.455 e. The number of sulfonamides is 1. The van der Waals surface area contributed by atoms with Crippen LogP contribution in [0.4, 0.5) is 11.4 Å². The van der Waals surface area contributed by atoms with Crippen LogP contribution in [0.1, 0.15) is 0 Å². The van der Waals surface area contributed by atoms with Gasteiger partial charge in [-0.05, 0) is 60.7 Å². The molecule has 172 valence electrons. The van der Waals surface area contributed by atoms with Gasteiger partial charge in [0.25, 0.3) is 10.0 Å². The quantitative estimate of drug-likeness (QED) is 0.329. The molecule has 0 bridgehead atoms. The first-order valence-electron chi connectivity index (χ1n) is 10.4. The fourth-order valence-electron chi connectivity index (χ4n) is 3.24. The molecular formula is C26H21ClN2O4S. The van der Waals surface area contributed by atoms with Crippen LogP contribution < -0.4 is 14.4 Å². The van der Waals surface area contributed by atoms with Crippen LogP contribution in [0.3, 0.4) is 0 Å². The van der Waals surface area contributed by atoms with Crippen molar-refractivity contribution in [2.24, 2.45) is 0 Å². The first-order chi connectivity index (χ1) is 16.4. The zero-order chi connectivity index (χ0) is 24.0. The van der Waals surface area contributed by atoms with Gasteiger partial charge in [0.05, 0.1) is 16.3 Å². The van der Waals surface area contributed by atoms with Crippen LogP contribution in [0.25, 0.3) is 0 Å². The van der Waals surface area contributed by atoms with E-state index in [4.69, 9.17) is 16.3 Å². The summed E-state index contributed by atoms with van der Waals surface area (Å²) < 4.78 is 33.7. The molecule has 0 fully saturated rings.